The first-order valence-corrected chi connectivity index (χ1v) is 16.1. The summed E-state index contributed by atoms with van der Waals surface area (Å²) in [5.41, 5.74) is 12.5. The summed E-state index contributed by atoms with van der Waals surface area (Å²) in [6, 6.07) is -2.71. The van der Waals surface area contributed by atoms with Crippen LogP contribution in [0, 0.1) is 0 Å². The number of aromatic nitrogens is 8. The molecule has 4 aromatic rings. The van der Waals surface area contributed by atoms with Crippen molar-refractivity contribution in [2.24, 2.45) is 0 Å². The number of hydrogen-bond donors (Lipinski definition) is 8. The topological polar surface area (TPSA) is 315 Å². The highest BCUT2D eigenvalue weighted by Gasteiger charge is 2.52. The molecule has 0 spiro atoms. The van der Waals surface area contributed by atoms with Gasteiger partial charge in [-0.05, 0) is 0 Å². The number of imidazole rings is 2. The van der Waals surface area contributed by atoms with Crippen LogP contribution in [0.4, 0.5) is 11.6 Å². The predicted molar refractivity (Wildman–Crippen MR) is 145 cm³/mol. The number of aliphatic hydroxyl groups excluding tert-OH is 2. The van der Waals surface area contributed by atoms with Crippen LogP contribution in [-0.4, -0.2) is 109 Å². The van der Waals surface area contributed by atoms with Crippen molar-refractivity contribution in [1.29, 1.82) is 0 Å². The van der Waals surface area contributed by atoms with Gasteiger partial charge in [0.15, 0.2) is 35.4 Å². The maximum absolute atomic E-state index is 13.2. The monoisotopic (exact) mass is 656 g/mol. The predicted octanol–water partition coefficient (Wildman–Crippen LogP) is -2.49. The molecule has 0 aromatic carbocycles. The van der Waals surface area contributed by atoms with Crippen LogP contribution in [0.2, 0.25) is 0 Å². The fourth-order valence-corrected chi connectivity index (χ4v) is 7.70. The van der Waals surface area contributed by atoms with Crippen molar-refractivity contribution in [2.75, 3.05) is 24.7 Å². The highest BCUT2D eigenvalue weighted by Crippen LogP contribution is 2.47. The molecule has 3 aliphatic heterocycles. The Labute approximate surface area is 245 Å². The zero-order chi connectivity index (χ0) is 31.0. The number of nitrogens with one attached hydrogen (secondary N) is 2. The molecule has 0 saturated carbocycles. The maximum Gasteiger partial charge on any atom is 0.403 e. The van der Waals surface area contributed by atoms with E-state index in [9.17, 15) is 29.1 Å². The molecule has 0 bridgehead atoms. The quantitative estimate of drug-likeness (QED) is 0.103. The molecule has 4 aromatic heterocycles. The molecule has 0 aliphatic carbocycles. The largest absolute Gasteiger partial charge is 0.403 e. The number of rotatable bonds is 2. The summed E-state index contributed by atoms with van der Waals surface area (Å²) in [4.78, 5) is 45.7. The molecule has 3 saturated heterocycles. The Morgan fingerprint density at radius 1 is 0.727 bits per heavy atom. The van der Waals surface area contributed by atoms with Gasteiger partial charge in [-0.15, -0.1) is 0 Å². The summed E-state index contributed by atoms with van der Waals surface area (Å²) < 4.78 is 51.5. The normalized spacial score (nSPS) is 38.3. The number of nitrogen functional groups attached to an aromatic ring is 2. The molecule has 22 nitrogen and oxygen atoms in total. The number of hydrogen-bond acceptors (Lipinski definition) is 16. The Balaban J connectivity index is 1.17. The second-order valence-corrected chi connectivity index (χ2v) is 13.3. The van der Waals surface area contributed by atoms with E-state index in [1.54, 1.807) is 0 Å². The van der Waals surface area contributed by atoms with Gasteiger partial charge in [-0.1, -0.05) is 0 Å². The Bertz CT molecular complexity index is 1690. The Kier molecular flexibility index (Phi) is 7.16. The lowest BCUT2D eigenvalue weighted by atomic mass is 10.1. The second kappa shape index (κ2) is 10.7. The lowest BCUT2D eigenvalue weighted by molar-refractivity contribution is -0.0483. The molecule has 24 heteroatoms. The number of ether oxygens (including phenoxy) is 2. The van der Waals surface area contributed by atoms with Gasteiger partial charge in [0.1, 0.15) is 48.1 Å². The van der Waals surface area contributed by atoms with Crippen LogP contribution in [0.15, 0.2) is 25.3 Å². The summed E-state index contributed by atoms with van der Waals surface area (Å²) in [6.07, 6.45) is -3.18. The van der Waals surface area contributed by atoms with E-state index in [0.717, 1.165) is 0 Å². The first-order valence-electron chi connectivity index (χ1n) is 13.0. The fraction of sp³-hybridized carbons (Fsp3) is 0.500. The van der Waals surface area contributed by atoms with Crippen molar-refractivity contribution >= 4 is 49.5 Å². The molecule has 44 heavy (non-hydrogen) atoms. The van der Waals surface area contributed by atoms with Gasteiger partial charge in [-0.25, -0.2) is 49.2 Å². The highest BCUT2D eigenvalue weighted by molar-refractivity contribution is 7.50. The van der Waals surface area contributed by atoms with Crippen molar-refractivity contribution in [2.45, 2.75) is 49.0 Å². The van der Waals surface area contributed by atoms with Crippen LogP contribution >= 0.6 is 15.5 Å². The standard InChI is InChI=1S/C20H26N12O10P2/c21-15-11-17(25-3-23-15)31(5-27-11)19-13(33)9-7(41-19)1-39-43(35,36)30-10-8(2-40-44(37,38)29-9)42-20(14(10)34)32-6-28-12-16(22)24-4-26-18(12)32/h3-10,13-14,19-20,33-34H,1-2H2,(H2,21,23,25)(H2,22,24,26)(H2,29,37,38)(H2,30,35,36). The molecule has 7 rings (SSSR count). The Morgan fingerprint density at radius 2 is 1.14 bits per heavy atom. The van der Waals surface area contributed by atoms with Crippen molar-refractivity contribution in [3.8, 4) is 0 Å². The second-order valence-electron chi connectivity index (χ2n) is 10.2. The number of nitrogens with zero attached hydrogens (tertiary/aromatic N) is 8. The molecule has 0 radical (unpaired) electrons. The fourth-order valence-electron chi connectivity index (χ4n) is 5.46. The number of anilines is 2. The molecular weight excluding hydrogens is 630 g/mol. The van der Waals surface area contributed by atoms with E-state index in [1.165, 1.54) is 34.4 Å². The average Bonchev–Trinajstić information content (AvgIpc) is 3.73. The van der Waals surface area contributed by atoms with Crippen LogP contribution < -0.4 is 21.6 Å². The summed E-state index contributed by atoms with van der Waals surface area (Å²) >= 11 is 0. The molecular formula is C20H26N12O10P2. The summed E-state index contributed by atoms with van der Waals surface area (Å²) in [7, 11) is -9.45. The van der Waals surface area contributed by atoms with Crippen molar-refractivity contribution < 1.29 is 47.7 Å². The van der Waals surface area contributed by atoms with Gasteiger partial charge in [0.2, 0.25) is 0 Å². The van der Waals surface area contributed by atoms with Crippen LogP contribution in [0.5, 0.6) is 0 Å². The lowest BCUT2D eigenvalue weighted by Crippen LogP contribution is -2.48. The van der Waals surface area contributed by atoms with Gasteiger partial charge in [0.25, 0.3) is 0 Å². The molecule has 236 valence electrons. The number of aliphatic hydroxyl groups is 2. The minimum absolute atomic E-state index is 0.0746. The number of fused-ring (bicyclic) bond motifs is 4. The summed E-state index contributed by atoms with van der Waals surface area (Å²) in [5.74, 6) is 0.149. The van der Waals surface area contributed by atoms with E-state index < -0.39 is 77.7 Å². The van der Waals surface area contributed by atoms with Crippen LogP contribution in [0.25, 0.3) is 22.3 Å². The molecule has 3 fully saturated rings. The van der Waals surface area contributed by atoms with Crippen molar-refractivity contribution in [3.63, 3.8) is 0 Å². The zero-order valence-corrected chi connectivity index (χ0v) is 24.0. The minimum Gasteiger partial charge on any atom is -0.387 e. The third kappa shape index (κ3) is 5.04. The van der Waals surface area contributed by atoms with Gasteiger partial charge in [0, 0.05) is 0 Å². The van der Waals surface area contributed by atoms with Crippen LogP contribution in [0.1, 0.15) is 12.5 Å². The first kappa shape index (κ1) is 29.5. The summed E-state index contributed by atoms with van der Waals surface area (Å²) in [5, 5.41) is 27.1. The molecule has 10 N–H and O–H groups in total. The van der Waals surface area contributed by atoms with Gasteiger partial charge < -0.3 is 40.9 Å². The zero-order valence-electron chi connectivity index (χ0n) is 22.2. The third-order valence-corrected chi connectivity index (χ3v) is 9.77. The minimum atomic E-state index is -4.73. The Morgan fingerprint density at radius 3 is 1.55 bits per heavy atom. The first-order chi connectivity index (χ1) is 20.9. The van der Waals surface area contributed by atoms with Crippen LogP contribution in [-0.2, 0) is 27.7 Å². The average molecular weight is 656 g/mol. The van der Waals surface area contributed by atoms with E-state index in [-0.39, 0.29) is 34.0 Å². The van der Waals surface area contributed by atoms with Crippen molar-refractivity contribution in [3.05, 3.63) is 25.3 Å². The van der Waals surface area contributed by atoms with Gasteiger partial charge in [-0.2, -0.15) is 0 Å². The summed E-state index contributed by atoms with van der Waals surface area (Å²) in [6.45, 7) is -1.31. The maximum atomic E-state index is 13.2. The van der Waals surface area contributed by atoms with E-state index in [4.69, 9.17) is 30.0 Å². The molecule has 7 heterocycles. The molecule has 0 amide bonds. The highest BCUT2D eigenvalue weighted by atomic mass is 31.2. The molecule has 3 aliphatic rings. The van der Waals surface area contributed by atoms with E-state index in [0.29, 0.717) is 0 Å². The van der Waals surface area contributed by atoms with Gasteiger partial charge in [-0.3, -0.25) is 18.2 Å². The Hall–Kier alpha value is -3.24. The third-order valence-electron chi connectivity index (χ3n) is 7.52. The number of nitrogens with two attached hydrogens (primary N) is 2. The lowest BCUT2D eigenvalue weighted by Gasteiger charge is -2.29. The van der Waals surface area contributed by atoms with Gasteiger partial charge >= 0.3 is 15.5 Å². The SMILES string of the molecule is Nc1ncnc2c1ncn2C1OC2COP(=O)(O)NC3C(COP(=O)(O)NC2C1O)OC(n1cnc2c(N)ncnc21)C3O. The van der Waals surface area contributed by atoms with Crippen LogP contribution in [0.3, 0.4) is 0 Å². The van der Waals surface area contributed by atoms with Crippen molar-refractivity contribution in [1.82, 2.24) is 49.2 Å². The van der Waals surface area contributed by atoms with Gasteiger partial charge in [0.05, 0.1) is 38.0 Å². The smallest absolute Gasteiger partial charge is 0.387 e. The molecule has 10 unspecified atom stereocenters. The van der Waals surface area contributed by atoms with E-state index in [2.05, 4.69) is 40.1 Å². The van der Waals surface area contributed by atoms with E-state index >= 15 is 0 Å². The van der Waals surface area contributed by atoms with E-state index in [1.807, 2.05) is 0 Å². The molecule has 10 atom stereocenters.